The first kappa shape index (κ1) is 14.1. The number of carbonyl (C=O) groups is 2. The van der Waals surface area contributed by atoms with Crippen LogP contribution in [-0.4, -0.2) is 17.0 Å². The van der Waals surface area contributed by atoms with E-state index in [2.05, 4.69) is 5.32 Å². The van der Waals surface area contributed by atoms with Gasteiger partial charge in [0.1, 0.15) is 0 Å². The minimum atomic E-state index is -1.09. The Balaban J connectivity index is 2.35. The third kappa shape index (κ3) is 2.97. The number of halogens is 1. The molecular weight excluding hydrogens is 278 g/mol. The molecule has 102 valence electrons. The van der Waals surface area contributed by atoms with Crippen molar-refractivity contribution in [2.24, 2.45) is 0 Å². The molecule has 2 aromatic carbocycles. The molecule has 20 heavy (non-hydrogen) atoms. The van der Waals surface area contributed by atoms with E-state index in [0.717, 1.165) is 0 Å². The molecule has 4 nitrogen and oxygen atoms in total. The third-order valence-electron chi connectivity index (χ3n) is 2.83. The Labute approximate surface area is 121 Å². The number of hydrogen-bond donors (Lipinski definition) is 2. The number of rotatable bonds is 3. The minimum absolute atomic E-state index is 0.0559. The molecule has 2 rings (SSSR count). The van der Waals surface area contributed by atoms with Crippen LogP contribution in [0, 0.1) is 6.92 Å². The van der Waals surface area contributed by atoms with E-state index in [-0.39, 0.29) is 5.56 Å². The van der Waals surface area contributed by atoms with Gasteiger partial charge in [-0.05, 0) is 36.8 Å². The highest BCUT2D eigenvalue weighted by molar-refractivity contribution is 6.31. The number of aromatic carboxylic acids is 1. The van der Waals surface area contributed by atoms with E-state index >= 15 is 0 Å². The number of nitrogens with one attached hydrogen (secondary N) is 1. The lowest BCUT2D eigenvalue weighted by atomic mass is 10.1. The zero-order chi connectivity index (χ0) is 14.7. The van der Waals surface area contributed by atoms with E-state index in [1.165, 1.54) is 12.1 Å². The van der Waals surface area contributed by atoms with E-state index in [1.54, 1.807) is 37.3 Å². The average Bonchev–Trinajstić information content (AvgIpc) is 2.40. The highest BCUT2D eigenvalue weighted by Crippen LogP contribution is 2.22. The molecule has 2 N–H and O–H groups in total. The molecule has 0 bridgehead atoms. The molecule has 0 atom stereocenters. The Morgan fingerprint density at radius 3 is 2.50 bits per heavy atom. The lowest BCUT2D eigenvalue weighted by Crippen LogP contribution is -2.15. The predicted molar refractivity (Wildman–Crippen MR) is 77.5 cm³/mol. The fourth-order valence-corrected chi connectivity index (χ4v) is 2.02. The molecule has 1 amide bonds. The molecule has 0 aliphatic heterocycles. The van der Waals surface area contributed by atoms with Gasteiger partial charge in [0.05, 0.1) is 11.3 Å². The zero-order valence-corrected chi connectivity index (χ0v) is 11.4. The summed E-state index contributed by atoms with van der Waals surface area (Å²) in [5.41, 5.74) is 1.41. The topological polar surface area (TPSA) is 66.4 Å². The van der Waals surface area contributed by atoms with E-state index in [1.807, 2.05) is 0 Å². The van der Waals surface area contributed by atoms with Crippen LogP contribution in [0.2, 0.25) is 5.02 Å². The van der Waals surface area contributed by atoms with Gasteiger partial charge in [-0.15, -0.1) is 0 Å². The molecule has 0 saturated carbocycles. The maximum Gasteiger partial charge on any atom is 0.337 e. The quantitative estimate of drug-likeness (QED) is 0.907. The largest absolute Gasteiger partial charge is 0.478 e. The SMILES string of the molecule is Cc1cccc(C(=O)O)c1NC(=O)c1cccc(Cl)c1. The van der Waals surface area contributed by atoms with E-state index in [0.29, 0.717) is 21.8 Å². The normalized spacial score (nSPS) is 10.1. The van der Waals surface area contributed by atoms with Crippen LogP contribution < -0.4 is 5.32 Å². The van der Waals surface area contributed by atoms with Crippen molar-refractivity contribution in [3.63, 3.8) is 0 Å². The molecule has 0 spiro atoms. The number of anilines is 1. The van der Waals surface area contributed by atoms with Gasteiger partial charge in [0.2, 0.25) is 0 Å². The predicted octanol–water partition coefficient (Wildman–Crippen LogP) is 3.60. The Morgan fingerprint density at radius 2 is 1.85 bits per heavy atom. The van der Waals surface area contributed by atoms with Crippen LogP contribution in [0.1, 0.15) is 26.3 Å². The molecule has 0 unspecified atom stereocenters. The van der Waals surface area contributed by atoms with Crippen molar-refractivity contribution in [1.82, 2.24) is 0 Å². The molecule has 0 heterocycles. The number of para-hydroxylation sites is 1. The van der Waals surface area contributed by atoms with Gasteiger partial charge in [-0.25, -0.2) is 4.79 Å². The molecule has 0 aromatic heterocycles. The summed E-state index contributed by atoms with van der Waals surface area (Å²) in [6.45, 7) is 1.74. The second-order valence-electron chi connectivity index (χ2n) is 4.27. The number of aryl methyl sites for hydroxylation is 1. The van der Waals surface area contributed by atoms with Crippen molar-refractivity contribution in [2.75, 3.05) is 5.32 Å². The van der Waals surface area contributed by atoms with Crippen molar-refractivity contribution < 1.29 is 14.7 Å². The molecular formula is C15H12ClNO3. The number of hydrogen-bond acceptors (Lipinski definition) is 2. The molecule has 5 heteroatoms. The van der Waals surface area contributed by atoms with E-state index in [9.17, 15) is 9.59 Å². The Bertz CT molecular complexity index is 683. The van der Waals surface area contributed by atoms with Crippen molar-refractivity contribution in [3.05, 3.63) is 64.2 Å². The number of carbonyl (C=O) groups excluding carboxylic acids is 1. The van der Waals surface area contributed by atoms with Gasteiger partial charge in [0.25, 0.3) is 5.91 Å². The first-order chi connectivity index (χ1) is 9.49. The smallest absolute Gasteiger partial charge is 0.337 e. The summed E-state index contributed by atoms with van der Waals surface area (Å²) in [6.07, 6.45) is 0. The van der Waals surface area contributed by atoms with Crippen molar-refractivity contribution >= 4 is 29.2 Å². The van der Waals surface area contributed by atoms with Crippen LogP contribution >= 0.6 is 11.6 Å². The second kappa shape index (κ2) is 5.75. The highest BCUT2D eigenvalue weighted by Gasteiger charge is 2.15. The summed E-state index contributed by atoms with van der Waals surface area (Å²) in [7, 11) is 0. The van der Waals surface area contributed by atoms with E-state index < -0.39 is 11.9 Å². The first-order valence-corrected chi connectivity index (χ1v) is 6.26. The fraction of sp³-hybridized carbons (Fsp3) is 0.0667. The molecule has 0 aliphatic carbocycles. The maximum atomic E-state index is 12.1. The first-order valence-electron chi connectivity index (χ1n) is 5.89. The maximum absolute atomic E-state index is 12.1. The molecule has 2 aromatic rings. The summed E-state index contributed by atoms with van der Waals surface area (Å²) in [5, 5.41) is 12.2. The van der Waals surface area contributed by atoms with Crippen molar-refractivity contribution in [3.8, 4) is 0 Å². The lowest BCUT2D eigenvalue weighted by molar-refractivity contribution is 0.0698. The Morgan fingerprint density at radius 1 is 1.15 bits per heavy atom. The van der Waals surface area contributed by atoms with Gasteiger partial charge in [0.15, 0.2) is 0 Å². The fourth-order valence-electron chi connectivity index (χ4n) is 1.83. The second-order valence-corrected chi connectivity index (χ2v) is 4.70. The van der Waals surface area contributed by atoms with Gasteiger partial charge in [-0.2, -0.15) is 0 Å². The standard InChI is InChI=1S/C15H12ClNO3/c1-9-4-2-7-12(15(19)20)13(9)17-14(18)10-5-3-6-11(16)8-10/h2-8H,1H3,(H,17,18)(H,19,20). The number of amides is 1. The Hall–Kier alpha value is -2.33. The average molecular weight is 290 g/mol. The van der Waals surface area contributed by atoms with Gasteiger partial charge in [-0.1, -0.05) is 29.8 Å². The summed E-state index contributed by atoms with van der Waals surface area (Å²) < 4.78 is 0. The van der Waals surface area contributed by atoms with Gasteiger partial charge >= 0.3 is 5.97 Å². The molecule has 0 fully saturated rings. The van der Waals surface area contributed by atoms with Crippen LogP contribution in [0.15, 0.2) is 42.5 Å². The lowest BCUT2D eigenvalue weighted by Gasteiger charge is -2.11. The monoisotopic (exact) mass is 289 g/mol. The summed E-state index contributed by atoms with van der Waals surface area (Å²) >= 11 is 5.83. The van der Waals surface area contributed by atoms with Gasteiger partial charge in [0, 0.05) is 10.6 Å². The summed E-state index contributed by atoms with van der Waals surface area (Å²) in [5.74, 6) is -1.49. The van der Waals surface area contributed by atoms with Crippen LogP contribution in [0.3, 0.4) is 0 Å². The Kier molecular flexibility index (Phi) is 4.05. The molecule has 0 radical (unpaired) electrons. The van der Waals surface area contributed by atoms with Crippen LogP contribution in [0.5, 0.6) is 0 Å². The summed E-state index contributed by atoms with van der Waals surface area (Å²) in [4.78, 5) is 23.3. The van der Waals surface area contributed by atoms with Crippen molar-refractivity contribution in [1.29, 1.82) is 0 Å². The molecule has 0 saturated heterocycles. The third-order valence-corrected chi connectivity index (χ3v) is 3.06. The van der Waals surface area contributed by atoms with Gasteiger partial charge in [-0.3, -0.25) is 4.79 Å². The van der Waals surface area contributed by atoms with Crippen LogP contribution in [0.4, 0.5) is 5.69 Å². The van der Waals surface area contributed by atoms with Crippen LogP contribution in [0.25, 0.3) is 0 Å². The molecule has 0 aliphatic rings. The number of carboxylic acid groups (broad SMARTS) is 1. The number of benzene rings is 2. The zero-order valence-electron chi connectivity index (χ0n) is 10.7. The summed E-state index contributed by atoms with van der Waals surface area (Å²) in [6, 6.07) is 11.3. The minimum Gasteiger partial charge on any atom is -0.478 e. The number of carboxylic acids is 1. The highest BCUT2D eigenvalue weighted by atomic mass is 35.5. The van der Waals surface area contributed by atoms with Crippen LogP contribution in [-0.2, 0) is 0 Å². The van der Waals surface area contributed by atoms with Gasteiger partial charge < -0.3 is 10.4 Å². The van der Waals surface area contributed by atoms with E-state index in [4.69, 9.17) is 16.7 Å². The van der Waals surface area contributed by atoms with Crippen molar-refractivity contribution in [2.45, 2.75) is 6.92 Å².